The van der Waals surface area contributed by atoms with Crippen molar-refractivity contribution in [2.24, 2.45) is 0 Å². The number of aromatic carboxylic acids is 1. The molecule has 5 nitrogen and oxygen atoms in total. The Hall–Kier alpha value is -1.85. The highest BCUT2D eigenvalue weighted by molar-refractivity contribution is 5.94. The van der Waals surface area contributed by atoms with Crippen molar-refractivity contribution in [1.29, 1.82) is 0 Å². The first-order valence-corrected chi connectivity index (χ1v) is 10.7. The summed E-state index contributed by atoms with van der Waals surface area (Å²) in [6.07, 6.45) is 11.8. The van der Waals surface area contributed by atoms with Crippen molar-refractivity contribution in [1.82, 2.24) is 4.98 Å². The normalized spacial score (nSPS) is 12.5. The summed E-state index contributed by atoms with van der Waals surface area (Å²) in [5, 5.41) is 29.3. The van der Waals surface area contributed by atoms with Crippen molar-refractivity contribution in [3.8, 4) is 0 Å². The van der Waals surface area contributed by atoms with Crippen LogP contribution in [-0.4, -0.2) is 39.0 Å². The van der Waals surface area contributed by atoms with Crippen molar-refractivity contribution >= 4 is 16.9 Å². The zero-order valence-electron chi connectivity index (χ0n) is 17.0. The molecular weight excluding hydrogens is 354 g/mol. The van der Waals surface area contributed by atoms with E-state index in [2.05, 4.69) is 11.9 Å². The number of aromatic nitrogens is 1. The zero-order chi connectivity index (χ0) is 20.4. The molecule has 0 aliphatic heterocycles. The fraction of sp³-hybridized carbons (Fsp3) is 0.609. The molecule has 0 bridgehead atoms. The van der Waals surface area contributed by atoms with Crippen molar-refractivity contribution in [3.63, 3.8) is 0 Å². The maximum absolute atomic E-state index is 11.2. The van der Waals surface area contributed by atoms with Crippen LogP contribution in [0.3, 0.4) is 0 Å². The number of aliphatic hydroxyl groups is 2. The van der Waals surface area contributed by atoms with Crippen LogP contribution in [0, 0.1) is 0 Å². The Bertz CT molecular complexity index is 738. The first kappa shape index (κ1) is 22.4. The fourth-order valence-electron chi connectivity index (χ4n) is 3.80. The zero-order valence-corrected chi connectivity index (χ0v) is 17.0. The van der Waals surface area contributed by atoms with Crippen molar-refractivity contribution in [2.75, 3.05) is 6.61 Å². The summed E-state index contributed by atoms with van der Waals surface area (Å²) in [5.74, 6) is -0.950. The maximum atomic E-state index is 11.2. The SMILES string of the molecule is CCCCCCCCCCCc1[nH]c2cc(C(=O)O)ccc2c1CC(O)CO. The van der Waals surface area contributed by atoms with Crippen molar-refractivity contribution in [3.05, 3.63) is 35.0 Å². The molecule has 1 aromatic carbocycles. The second-order valence-electron chi connectivity index (χ2n) is 7.77. The van der Waals surface area contributed by atoms with Gasteiger partial charge in [-0.25, -0.2) is 4.79 Å². The number of aromatic amines is 1. The molecule has 5 heteroatoms. The number of H-pyrrole nitrogens is 1. The number of aryl methyl sites for hydroxylation is 1. The van der Waals surface area contributed by atoms with Crippen LogP contribution in [0.15, 0.2) is 18.2 Å². The van der Waals surface area contributed by atoms with E-state index in [4.69, 9.17) is 0 Å². The van der Waals surface area contributed by atoms with Crippen molar-refractivity contribution < 1.29 is 20.1 Å². The number of fused-ring (bicyclic) bond motifs is 1. The summed E-state index contributed by atoms with van der Waals surface area (Å²) in [7, 11) is 0. The van der Waals surface area contributed by atoms with Gasteiger partial charge in [-0.3, -0.25) is 0 Å². The number of hydrogen-bond donors (Lipinski definition) is 4. The lowest BCUT2D eigenvalue weighted by atomic mass is 10.00. The van der Waals surface area contributed by atoms with Gasteiger partial charge in [-0.05, 0) is 30.5 Å². The van der Waals surface area contributed by atoms with E-state index in [0.29, 0.717) is 6.42 Å². The molecule has 0 amide bonds. The minimum absolute atomic E-state index is 0.248. The van der Waals surface area contributed by atoms with Gasteiger partial charge in [-0.1, -0.05) is 64.4 Å². The van der Waals surface area contributed by atoms with E-state index in [1.54, 1.807) is 18.2 Å². The third-order valence-electron chi connectivity index (χ3n) is 5.42. The number of carboxylic acid groups (broad SMARTS) is 1. The fourth-order valence-corrected chi connectivity index (χ4v) is 3.80. The minimum Gasteiger partial charge on any atom is -0.478 e. The number of aliphatic hydroxyl groups excluding tert-OH is 2. The summed E-state index contributed by atoms with van der Waals surface area (Å²) < 4.78 is 0. The molecule has 1 aromatic heterocycles. The van der Waals surface area contributed by atoms with E-state index in [9.17, 15) is 20.1 Å². The lowest BCUT2D eigenvalue weighted by Gasteiger charge is -2.09. The third kappa shape index (κ3) is 6.64. The van der Waals surface area contributed by atoms with Crippen LogP contribution in [-0.2, 0) is 12.8 Å². The number of carboxylic acids is 1. The molecule has 28 heavy (non-hydrogen) atoms. The standard InChI is InChI=1S/C23H35NO4/c1-2-3-4-5-6-7-8-9-10-11-21-20(15-18(26)16-25)19-13-12-17(23(27)28)14-22(19)24-21/h12-14,18,24-26H,2-11,15-16H2,1H3,(H,27,28). The highest BCUT2D eigenvalue weighted by atomic mass is 16.4. The van der Waals surface area contributed by atoms with Crippen LogP contribution < -0.4 is 0 Å². The van der Waals surface area contributed by atoms with Crippen molar-refractivity contribution in [2.45, 2.75) is 83.7 Å². The minimum atomic E-state index is -0.950. The second kappa shape index (κ2) is 11.9. The molecule has 0 aliphatic rings. The summed E-state index contributed by atoms with van der Waals surface area (Å²) in [4.78, 5) is 14.6. The Kier molecular flexibility index (Phi) is 9.51. The van der Waals surface area contributed by atoms with Crippen LogP contribution in [0.25, 0.3) is 10.9 Å². The van der Waals surface area contributed by atoms with Crippen LogP contribution in [0.4, 0.5) is 0 Å². The van der Waals surface area contributed by atoms with Gasteiger partial charge in [0.1, 0.15) is 0 Å². The smallest absolute Gasteiger partial charge is 0.335 e. The largest absolute Gasteiger partial charge is 0.478 e. The Balaban J connectivity index is 1.95. The number of carbonyl (C=O) groups is 1. The highest BCUT2D eigenvalue weighted by Gasteiger charge is 2.16. The number of hydrogen-bond acceptors (Lipinski definition) is 3. The Morgan fingerprint density at radius 1 is 1.04 bits per heavy atom. The highest BCUT2D eigenvalue weighted by Crippen LogP contribution is 2.26. The Morgan fingerprint density at radius 2 is 1.68 bits per heavy atom. The molecule has 1 unspecified atom stereocenters. The molecule has 0 radical (unpaired) electrons. The molecule has 2 aromatic rings. The van der Waals surface area contributed by atoms with Gasteiger partial charge in [0, 0.05) is 23.0 Å². The van der Waals surface area contributed by atoms with Crippen LogP contribution in [0.5, 0.6) is 0 Å². The molecular formula is C23H35NO4. The third-order valence-corrected chi connectivity index (χ3v) is 5.42. The topological polar surface area (TPSA) is 93.6 Å². The van der Waals surface area contributed by atoms with Gasteiger partial charge in [-0.15, -0.1) is 0 Å². The van der Waals surface area contributed by atoms with E-state index < -0.39 is 12.1 Å². The monoisotopic (exact) mass is 389 g/mol. The first-order valence-electron chi connectivity index (χ1n) is 10.7. The number of benzene rings is 1. The summed E-state index contributed by atoms with van der Waals surface area (Å²) in [5.41, 5.74) is 3.07. The van der Waals surface area contributed by atoms with Gasteiger partial charge in [0.2, 0.25) is 0 Å². The summed E-state index contributed by atoms with van der Waals surface area (Å²) in [6, 6.07) is 5.04. The van der Waals surface area contributed by atoms with E-state index >= 15 is 0 Å². The van der Waals surface area contributed by atoms with Gasteiger partial charge in [0.15, 0.2) is 0 Å². The average molecular weight is 390 g/mol. The number of rotatable bonds is 14. The van der Waals surface area contributed by atoms with Crippen LogP contribution in [0.1, 0.15) is 86.3 Å². The van der Waals surface area contributed by atoms with Crippen LogP contribution in [0.2, 0.25) is 0 Å². The number of nitrogens with one attached hydrogen (secondary N) is 1. The predicted octanol–water partition coefficient (Wildman–Crippen LogP) is 4.84. The molecule has 1 atom stereocenters. The average Bonchev–Trinajstić information content (AvgIpc) is 3.03. The lowest BCUT2D eigenvalue weighted by Crippen LogP contribution is -2.15. The molecule has 4 N–H and O–H groups in total. The quantitative estimate of drug-likeness (QED) is 0.348. The Morgan fingerprint density at radius 3 is 2.29 bits per heavy atom. The van der Waals surface area contributed by atoms with Gasteiger partial charge in [0.25, 0.3) is 0 Å². The van der Waals surface area contributed by atoms with Gasteiger partial charge in [-0.2, -0.15) is 0 Å². The molecule has 0 aliphatic carbocycles. The second-order valence-corrected chi connectivity index (χ2v) is 7.77. The van der Waals surface area contributed by atoms with E-state index in [0.717, 1.165) is 35.0 Å². The molecule has 1 heterocycles. The molecule has 156 valence electrons. The van der Waals surface area contributed by atoms with Gasteiger partial charge >= 0.3 is 5.97 Å². The predicted molar refractivity (Wildman–Crippen MR) is 113 cm³/mol. The molecule has 0 saturated carbocycles. The van der Waals surface area contributed by atoms with E-state index in [1.807, 2.05) is 0 Å². The molecule has 0 fully saturated rings. The molecule has 0 saturated heterocycles. The lowest BCUT2D eigenvalue weighted by molar-refractivity contribution is 0.0697. The molecule has 0 spiro atoms. The maximum Gasteiger partial charge on any atom is 0.335 e. The first-order chi connectivity index (χ1) is 13.6. The summed E-state index contributed by atoms with van der Waals surface area (Å²) >= 11 is 0. The summed E-state index contributed by atoms with van der Waals surface area (Å²) in [6.45, 7) is 1.96. The van der Waals surface area contributed by atoms with Gasteiger partial charge < -0.3 is 20.3 Å². The number of unbranched alkanes of at least 4 members (excludes halogenated alkanes) is 8. The van der Waals surface area contributed by atoms with E-state index in [1.165, 1.54) is 51.4 Å². The van der Waals surface area contributed by atoms with Gasteiger partial charge in [0.05, 0.1) is 18.3 Å². The van der Waals surface area contributed by atoms with Crippen LogP contribution >= 0.6 is 0 Å². The Labute approximate surface area is 167 Å². The molecule has 2 rings (SSSR count). The van der Waals surface area contributed by atoms with E-state index in [-0.39, 0.29) is 12.2 Å².